The van der Waals surface area contributed by atoms with Gasteiger partial charge in [-0.05, 0) is 50.1 Å². The Morgan fingerprint density at radius 1 is 0.733 bits per heavy atom. The molecule has 0 spiro atoms. The molecule has 2 aromatic carbocycles. The fourth-order valence-electron chi connectivity index (χ4n) is 2.72. The van der Waals surface area contributed by atoms with Crippen LogP contribution in [0, 0.1) is 0 Å². The molecule has 168 valence electrons. The average molecular weight is 430 g/mol. The van der Waals surface area contributed by atoms with Gasteiger partial charge in [-0.15, -0.1) is 0 Å². The maximum atomic E-state index is 9.75. The molecule has 0 aliphatic rings. The molecule has 2 rings (SSSR count). The highest BCUT2D eigenvalue weighted by Crippen LogP contribution is 2.34. The average Bonchev–Trinajstić information content (AvgIpc) is 2.68. The van der Waals surface area contributed by atoms with Crippen LogP contribution in [0.4, 0.5) is 17.3 Å². The zero-order chi connectivity index (χ0) is 22.4. The van der Waals surface area contributed by atoms with Gasteiger partial charge in [0.1, 0.15) is 17.2 Å². The van der Waals surface area contributed by atoms with Crippen molar-refractivity contribution < 1.29 is 32.9 Å². The first-order valence-electron chi connectivity index (χ1n) is 10.3. The predicted molar refractivity (Wildman–Crippen MR) is 115 cm³/mol. The third-order valence-electron chi connectivity index (χ3n) is 4.00. The number of unbranched alkanes of at least 4 members (excludes halogenated alkanes) is 3. The summed E-state index contributed by atoms with van der Waals surface area (Å²) in [6.45, 7) is 8.25. The lowest BCUT2D eigenvalue weighted by atomic mass is 10.0. The van der Waals surface area contributed by atoms with Gasteiger partial charge in [0, 0.05) is 11.6 Å². The molecular formula is C22H31BF4O3. The van der Waals surface area contributed by atoms with E-state index in [2.05, 4.69) is 25.1 Å². The van der Waals surface area contributed by atoms with E-state index in [-0.39, 0.29) is 1.43 Å². The normalized spacial score (nSPS) is 10.8. The van der Waals surface area contributed by atoms with Gasteiger partial charge in [0.05, 0.1) is 19.8 Å². The van der Waals surface area contributed by atoms with E-state index < -0.39 is 7.25 Å². The topological polar surface area (TPSA) is 27.7 Å². The largest absolute Gasteiger partial charge is 1.00 e. The van der Waals surface area contributed by atoms with Crippen molar-refractivity contribution in [3.8, 4) is 28.4 Å². The molecule has 0 unspecified atom stereocenters. The van der Waals surface area contributed by atoms with E-state index in [1.807, 2.05) is 38.1 Å². The van der Waals surface area contributed by atoms with Crippen LogP contribution in [-0.4, -0.2) is 27.1 Å². The lowest BCUT2D eigenvalue weighted by Gasteiger charge is -2.13. The van der Waals surface area contributed by atoms with Crippen LogP contribution in [-0.2, 0) is 0 Å². The third-order valence-corrected chi connectivity index (χ3v) is 4.00. The standard InChI is InChI=1S/C22H30O3.BF4/c1-4-7-8-9-16-25-19-12-10-18(11-13-19)21-15-14-20(23-5-2)17-22(21)24-6-3;2-1(3,4)5/h10-15,17H,4-9,16H2,1-3H3;/q;-1/p+1. The molecule has 0 heterocycles. The molecule has 0 saturated heterocycles. The lowest BCUT2D eigenvalue weighted by Crippen LogP contribution is -2.02. The number of rotatable bonds is 11. The molecule has 0 saturated carbocycles. The van der Waals surface area contributed by atoms with E-state index in [0.29, 0.717) is 13.2 Å². The molecule has 0 aliphatic carbocycles. The summed E-state index contributed by atoms with van der Waals surface area (Å²) in [6, 6.07) is 14.2. The number of ether oxygens (including phenoxy) is 3. The van der Waals surface area contributed by atoms with Crippen LogP contribution in [0.5, 0.6) is 17.2 Å². The van der Waals surface area contributed by atoms with Crippen molar-refractivity contribution in [1.29, 1.82) is 0 Å². The van der Waals surface area contributed by atoms with Crippen LogP contribution in [0.15, 0.2) is 42.5 Å². The first-order valence-corrected chi connectivity index (χ1v) is 10.3. The van der Waals surface area contributed by atoms with E-state index in [4.69, 9.17) is 14.2 Å². The van der Waals surface area contributed by atoms with Crippen molar-refractivity contribution in [2.24, 2.45) is 0 Å². The molecular weight excluding hydrogens is 399 g/mol. The minimum atomic E-state index is -6.00. The quantitative estimate of drug-likeness (QED) is 0.210. The Bertz CT molecular complexity index is 722. The van der Waals surface area contributed by atoms with Crippen molar-refractivity contribution >= 4 is 7.25 Å². The highest BCUT2D eigenvalue weighted by molar-refractivity contribution is 6.50. The molecule has 3 nitrogen and oxygen atoms in total. The molecule has 0 N–H and O–H groups in total. The third kappa shape index (κ3) is 11.0. The van der Waals surface area contributed by atoms with Crippen LogP contribution in [0.2, 0.25) is 0 Å². The van der Waals surface area contributed by atoms with Gasteiger partial charge in [-0.3, -0.25) is 0 Å². The molecule has 2 aromatic rings. The number of benzene rings is 2. The molecule has 0 amide bonds. The second-order valence-corrected chi connectivity index (χ2v) is 6.45. The van der Waals surface area contributed by atoms with E-state index in [1.165, 1.54) is 19.3 Å². The molecule has 0 radical (unpaired) electrons. The lowest BCUT2D eigenvalue weighted by molar-refractivity contribution is 0.305. The van der Waals surface area contributed by atoms with E-state index in [1.54, 1.807) is 0 Å². The summed E-state index contributed by atoms with van der Waals surface area (Å²) in [5.74, 6) is 2.60. The van der Waals surface area contributed by atoms with E-state index >= 15 is 0 Å². The maximum Gasteiger partial charge on any atom is 1.00 e. The Morgan fingerprint density at radius 3 is 1.90 bits per heavy atom. The van der Waals surface area contributed by atoms with Gasteiger partial charge in [-0.2, -0.15) is 0 Å². The van der Waals surface area contributed by atoms with Gasteiger partial charge in [-0.25, -0.2) is 0 Å². The van der Waals surface area contributed by atoms with Crippen molar-refractivity contribution in [2.75, 3.05) is 19.8 Å². The Hall–Kier alpha value is -2.38. The fraction of sp³-hybridized carbons (Fsp3) is 0.455. The van der Waals surface area contributed by atoms with Crippen molar-refractivity contribution in [3.05, 3.63) is 42.5 Å². The SMILES string of the molecule is CCCCCCOc1ccc(-c2ccc(OCC)cc2OCC)cc1.F[B-](F)(F)F.[H+]. The minimum absolute atomic E-state index is 0. The Kier molecular flexibility index (Phi) is 11.8. The highest BCUT2D eigenvalue weighted by atomic mass is 19.5. The van der Waals surface area contributed by atoms with Crippen molar-refractivity contribution in [3.63, 3.8) is 0 Å². The second-order valence-electron chi connectivity index (χ2n) is 6.45. The Labute approximate surface area is 177 Å². The maximum absolute atomic E-state index is 9.75. The summed E-state index contributed by atoms with van der Waals surface area (Å²) in [4.78, 5) is 0. The van der Waals surface area contributed by atoms with Crippen LogP contribution >= 0.6 is 0 Å². The van der Waals surface area contributed by atoms with Gasteiger partial charge in [-0.1, -0.05) is 38.3 Å². The molecule has 0 aromatic heterocycles. The number of halogens is 4. The summed E-state index contributed by atoms with van der Waals surface area (Å²) in [6.07, 6.45) is 4.88. The summed E-state index contributed by atoms with van der Waals surface area (Å²) in [7, 11) is -6.00. The fourth-order valence-corrected chi connectivity index (χ4v) is 2.72. The Morgan fingerprint density at radius 2 is 1.33 bits per heavy atom. The summed E-state index contributed by atoms with van der Waals surface area (Å²) in [5.41, 5.74) is 2.18. The summed E-state index contributed by atoms with van der Waals surface area (Å²) >= 11 is 0. The first kappa shape index (κ1) is 25.7. The van der Waals surface area contributed by atoms with Gasteiger partial charge >= 0.3 is 8.68 Å². The summed E-state index contributed by atoms with van der Waals surface area (Å²) < 4.78 is 56.2. The molecule has 0 bridgehead atoms. The van der Waals surface area contributed by atoms with Gasteiger partial charge in [0.2, 0.25) is 0 Å². The molecule has 30 heavy (non-hydrogen) atoms. The van der Waals surface area contributed by atoms with Gasteiger partial charge < -0.3 is 31.5 Å². The van der Waals surface area contributed by atoms with Crippen molar-refractivity contribution in [1.82, 2.24) is 0 Å². The smallest absolute Gasteiger partial charge is 0.494 e. The van der Waals surface area contributed by atoms with Crippen LogP contribution < -0.4 is 14.2 Å². The molecule has 0 fully saturated rings. The molecule has 0 atom stereocenters. The Balaban J connectivity index is 0.00000135. The first-order chi connectivity index (χ1) is 14.3. The minimum Gasteiger partial charge on any atom is -0.494 e. The highest BCUT2D eigenvalue weighted by Gasteiger charge is 2.20. The molecule has 8 heteroatoms. The zero-order valence-corrected chi connectivity index (χ0v) is 17.8. The number of hydrogen-bond acceptors (Lipinski definition) is 3. The monoisotopic (exact) mass is 430 g/mol. The number of hydrogen-bond donors (Lipinski definition) is 0. The zero-order valence-electron chi connectivity index (χ0n) is 18.8. The van der Waals surface area contributed by atoms with Crippen molar-refractivity contribution in [2.45, 2.75) is 46.5 Å². The van der Waals surface area contributed by atoms with E-state index in [0.717, 1.165) is 41.4 Å². The molecule has 0 aliphatic heterocycles. The summed E-state index contributed by atoms with van der Waals surface area (Å²) in [5, 5.41) is 0. The van der Waals surface area contributed by atoms with Gasteiger partial charge in [0.15, 0.2) is 0 Å². The van der Waals surface area contributed by atoms with Crippen LogP contribution in [0.1, 0.15) is 47.9 Å². The van der Waals surface area contributed by atoms with E-state index in [9.17, 15) is 17.3 Å². The van der Waals surface area contributed by atoms with Gasteiger partial charge in [0.25, 0.3) is 0 Å². The predicted octanol–water partition coefficient (Wildman–Crippen LogP) is 7.52. The van der Waals surface area contributed by atoms with Crippen LogP contribution in [0.25, 0.3) is 11.1 Å². The van der Waals surface area contributed by atoms with Crippen LogP contribution in [0.3, 0.4) is 0 Å². The second kappa shape index (κ2) is 13.8.